The summed E-state index contributed by atoms with van der Waals surface area (Å²) < 4.78 is 0. The number of phenols is 1. The number of urea groups is 1. The van der Waals surface area contributed by atoms with Crippen LogP contribution in [0, 0.1) is 6.92 Å². The summed E-state index contributed by atoms with van der Waals surface area (Å²) in [6, 6.07) is 6.62. The molecule has 0 bridgehead atoms. The van der Waals surface area contributed by atoms with E-state index < -0.39 is 0 Å². The molecule has 0 aliphatic heterocycles. The third-order valence-electron chi connectivity index (χ3n) is 3.73. The molecule has 0 aliphatic carbocycles. The molecule has 134 valence electrons. The van der Waals surface area contributed by atoms with Crippen LogP contribution in [-0.2, 0) is 6.42 Å². The van der Waals surface area contributed by atoms with Gasteiger partial charge in [0.15, 0.2) is 0 Å². The van der Waals surface area contributed by atoms with Crippen LogP contribution in [0.15, 0.2) is 36.7 Å². The number of halogens is 1. The summed E-state index contributed by atoms with van der Waals surface area (Å²) in [6.45, 7) is 2.20. The molecule has 0 spiro atoms. The number of aryl methyl sites for hydroxylation is 1. The number of hydrogen-bond donors (Lipinski definition) is 4. The molecule has 4 N–H and O–H groups in total. The van der Waals surface area contributed by atoms with Gasteiger partial charge in [0.2, 0.25) is 5.28 Å². The number of para-hydroxylation sites is 1. The number of carbonyl (C=O) groups excluding carboxylic acids is 1. The van der Waals surface area contributed by atoms with E-state index in [1.54, 1.807) is 24.5 Å². The van der Waals surface area contributed by atoms with Crippen LogP contribution in [0.2, 0.25) is 5.28 Å². The number of amides is 2. The zero-order valence-corrected chi connectivity index (χ0v) is 14.7. The number of nitrogens with one attached hydrogen (secondary N) is 3. The highest BCUT2D eigenvalue weighted by Gasteiger charge is 2.15. The van der Waals surface area contributed by atoms with Crippen molar-refractivity contribution in [2.45, 2.75) is 13.3 Å². The second-order valence-electron chi connectivity index (χ2n) is 5.58. The number of H-pyrrole nitrogens is 1. The molecule has 0 atom stereocenters. The molecule has 0 saturated heterocycles. The Kier molecular flexibility index (Phi) is 5.33. The maximum atomic E-state index is 12.1. The van der Waals surface area contributed by atoms with Crippen molar-refractivity contribution >= 4 is 23.3 Å². The summed E-state index contributed by atoms with van der Waals surface area (Å²) in [7, 11) is 0. The SMILES string of the molecule is Cc1cnc(Cl)nc1-c1n[nH]cc1NC(=O)NCCc1ccccc1O. The van der Waals surface area contributed by atoms with Gasteiger partial charge in [-0.25, -0.2) is 14.8 Å². The van der Waals surface area contributed by atoms with Gasteiger partial charge in [0.05, 0.1) is 5.69 Å². The van der Waals surface area contributed by atoms with Crippen molar-refractivity contribution in [3.05, 3.63) is 53.1 Å². The largest absolute Gasteiger partial charge is 0.508 e. The number of anilines is 1. The molecule has 1 aromatic carbocycles. The normalized spacial score (nSPS) is 10.5. The van der Waals surface area contributed by atoms with Crippen LogP contribution < -0.4 is 10.6 Å². The fourth-order valence-electron chi connectivity index (χ4n) is 2.43. The lowest BCUT2D eigenvalue weighted by Crippen LogP contribution is -2.30. The van der Waals surface area contributed by atoms with Crippen LogP contribution in [0.4, 0.5) is 10.5 Å². The lowest BCUT2D eigenvalue weighted by atomic mass is 10.1. The van der Waals surface area contributed by atoms with Crippen molar-refractivity contribution < 1.29 is 9.90 Å². The molecule has 8 nitrogen and oxygen atoms in total. The van der Waals surface area contributed by atoms with E-state index in [1.807, 2.05) is 19.1 Å². The molecular weight excluding hydrogens is 356 g/mol. The Morgan fingerprint density at radius 2 is 2.12 bits per heavy atom. The number of aromatic amines is 1. The second-order valence-corrected chi connectivity index (χ2v) is 5.92. The fraction of sp³-hybridized carbons (Fsp3) is 0.176. The van der Waals surface area contributed by atoms with E-state index in [2.05, 4.69) is 30.8 Å². The van der Waals surface area contributed by atoms with Crippen molar-refractivity contribution in [3.63, 3.8) is 0 Å². The van der Waals surface area contributed by atoms with Crippen LogP contribution in [0.5, 0.6) is 5.75 Å². The summed E-state index contributed by atoms with van der Waals surface area (Å²) in [5.41, 5.74) is 3.04. The summed E-state index contributed by atoms with van der Waals surface area (Å²) >= 11 is 5.85. The van der Waals surface area contributed by atoms with Gasteiger partial charge in [0, 0.05) is 18.9 Å². The highest BCUT2D eigenvalue weighted by Crippen LogP contribution is 2.26. The predicted molar refractivity (Wildman–Crippen MR) is 98.2 cm³/mol. The highest BCUT2D eigenvalue weighted by molar-refractivity contribution is 6.28. The highest BCUT2D eigenvalue weighted by atomic mass is 35.5. The molecule has 0 saturated carbocycles. The molecule has 2 amide bonds. The van der Waals surface area contributed by atoms with E-state index in [0.717, 1.165) is 11.1 Å². The minimum Gasteiger partial charge on any atom is -0.508 e. The van der Waals surface area contributed by atoms with E-state index in [4.69, 9.17) is 11.6 Å². The first-order valence-electron chi connectivity index (χ1n) is 7.89. The lowest BCUT2D eigenvalue weighted by Gasteiger charge is -2.09. The molecule has 9 heteroatoms. The summed E-state index contributed by atoms with van der Waals surface area (Å²) in [4.78, 5) is 20.2. The van der Waals surface area contributed by atoms with Gasteiger partial charge in [-0.3, -0.25) is 5.10 Å². The van der Waals surface area contributed by atoms with Crippen molar-refractivity contribution in [2.75, 3.05) is 11.9 Å². The van der Waals surface area contributed by atoms with E-state index in [-0.39, 0.29) is 17.1 Å². The quantitative estimate of drug-likeness (QED) is 0.514. The van der Waals surface area contributed by atoms with Gasteiger partial charge >= 0.3 is 6.03 Å². The molecule has 3 aromatic rings. The molecule has 0 radical (unpaired) electrons. The van der Waals surface area contributed by atoms with Crippen molar-refractivity contribution in [1.82, 2.24) is 25.5 Å². The van der Waals surface area contributed by atoms with Gasteiger partial charge in [0.1, 0.15) is 17.1 Å². The molecule has 2 heterocycles. The minimum atomic E-state index is -0.388. The molecule has 0 fully saturated rings. The Labute approximate surface area is 154 Å². The van der Waals surface area contributed by atoms with Gasteiger partial charge in [-0.1, -0.05) is 18.2 Å². The molecule has 26 heavy (non-hydrogen) atoms. The van der Waals surface area contributed by atoms with Gasteiger partial charge < -0.3 is 15.7 Å². The Morgan fingerprint density at radius 3 is 2.92 bits per heavy atom. The minimum absolute atomic E-state index is 0.103. The second kappa shape index (κ2) is 7.83. The van der Waals surface area contributed by atoms with Crippen LogP contribution in [0.1, 0.15) is 11.1 Å². The van der Waals surface area contributed by atoms with E-state index >= 15 is 0 Å². The number of aromatic nitrogens is 4. The zero-order valence-electron chi connectivity index (χ0n) is 14.0. The van der Waals surface area contributed by atoms with Gasteiger partial charge in [0.25, 0.3) is 0 Å². The topological polar surface area (TPSA) is 116 Å². The third kappa shape index (κ3) is 4.09. The number of benzene rings is 1. The predicted octanol–water partition coefficient (Wildman–Crippen LogP) is 2.90. The summed E-state index contributed by atoms with van der Waals surface area (Å²) in [5, 5.41) is 22.1. The van der Waals surface area contributed by atoms with Crippen molar-refractivity contribution in [3.8, 4) is 17.1 Å². The van der Waals surface area contributed by atoms with Gasteiger partial charge in [-0.2, -0.15) is 5.10 Å². The Hall–Kier alpha value is -3.13. The van der Waals surface area contributed by atoms with Gasteiger partial charge in [-0.05, 0) is 42.1 Å². The molecule has 3 rings (SSSR count). The Morgan fingerprint density at radius 1 is 1.31 bits per heavy atom. The van der Waals surface area contributed by atoms with Crippen LogP contribution in [-0.4, -0.2) is 37.8 Å². The van der Waals surface area contributed by atoms with E-state index in [1.165, 1.54) is 0 Å². The van der Waals surface area contributed by atoms with Crippen LogP contribution >= 0.6 is 11.6 Å². The first-order valence-corrected chi connectivity index (χ1v) is 8.27. The zero-order chi connectivity index (χ0) is 18.5. The smallest absolute Gasteiger partial charge is 0.319 e. The number of aromatic hydroxyl groups is 1. The maximum Gasteiger partial charge on any atom is 0.319 e. The number of nitrogens with zero attached hydrogens (tertiary/aromatic N) is 3. The molecule has 2 aromatic heterocycles. The van der Waals surface area contributed by atoms with E-state index in [0.29, 0.717) is 30.0 Å². The lowest BCUT2D eigenvalue weighted by molar-refractivity contribution is 0.252. The maximum absolute atomic E-state index is 12.1. The van der Waals surface area contributed by atoms with Gasteiger partial charge in [-0.15, -0.1) is 0 Å². The fourth-order valence-corrected chi connectivity index (χ4v) is 2.56. The summed E-state index contributed by atoms with van der Waals surface area (Å²) in [5.74, 6) is 0.211. The average molecular weight is 373 g/mol. The van der Waals surface area contributed by atoms with E-state index in [9.17, 15) is 9.90 Å². The first-order chi connectivity index (χ1) is 12.5. The summed E-state index contributed by atoms with van der Waals surface area (Å²) in [6.07, 6.45) is 3.67. The van der Waals surface area contributed by atoms with Crippen molar-refractivity contribution in [2.24, 2.45) is 0 Å². The molecular formula is C17H17ClN6O2. The number of carbonyl (C=O) groups is 1. The Bertz CT molecular complexity index is 927. The van der Waals surface area contributed by atoms with Crippen molar-refractivity contribution in [1.29, 1.82) is 0 Å². The number of rotatable bonds is 5. The third-order valence-corrected chi connectivity index (χ3v) is 3.91. The standard InChI is InChI=1S/C17H17ClN6O2/c1-10-8-20-16(18)23-14(10)15-12(9-21-24-15)22-17(26)19-7-6-11-4-2-3-5-13(11)25/h2-5,8-9,25H,6-7H2,1H3,(H,21,24)(H2,19,22,26). The van der Waals surface area contributed by atoms with Crippen LogP contribution in [0.3, 0.4) is 0 Å². The molecule has 0 unspecified atom stereocenters. The van der Waals surface area contributed by atoms with Crippen LogP contribution in [0.25, 0.3) is 11.4 Å². The molecule has 0 aliphatic rings. The average Bonchev–Trinajstić information content (AvgIpc) is 3.06. The first kappa shape index (κ1) is 17.7. The monoisotopic (exact) mass is 372 g/mol. The Balaban J connectivity index is 1.63. The number of hydrogen-bond acceptors (Lipinski definition) is 5. The number of phenolic OH excluding ortho intramolecular Hbond substituents is 1.